The number of nitrogens with zero attached hydrogens (tertiary/aromatic N) is 3. The largest absolute Gasteiger partial charge is 0.396 e. The molecule has 0 amide bonds. The van der Waals surface area contributed by atoms with Gasteiger partial charge in [0.15, 0.2) is 5.82 Å². The van der Waals surface area contributed by atoms with Crippen LogP contribution in [0.4, 0.5) is 5.82 Å². The van der Waals surface area contributed by atoms with E-state index in [9.17, 15) is 0 Å². The van der Waals surface area contributed by atoms with Crippen LogP contribution in [0.3, 0.4) is 0 Å². The number of imidazole rings is 1. The van der Waals surface area contributed by atoms with E-state index in [4.69, 9.17) is 15.8 Å². The summed E-state index contributed by atoms with van der Waals surface area (Å²) in [7, 11) is 0. The van der Waals surface area contributed by atoms with Crippen LogP contribution in [0, 0.1) is 0 Å². The van der Waals surface area contributed by atoms with E-state index in [2.05, 4.69) is 51.4 Å². The number of unbranched alkanes of at least 4 members (excludes halogenated alkanes) is 2. The monoisotopic (exact) mass is 437 g/mol. The zero-order chi connectivity index (χ0) is 21.6. The number of rotatable bonds is 11. The summed E-state index contributed by atoms with van der Waals surface area (Å²) in [5.41, 5.74) is 11.8. The molecular formula is C24H31N5OS. The van der Waals surface area contributed by atoms with Crippen molar-refractivity contribution in [2.75, 3.05) is 18.9 Å². The van der Waals surface area contributed by atoms with Crippen LogP contribution in [-0.4, -0.2) is 32.8 Å². The maximum atomic E-state index is 8.97. The smallest absolute Gasteiger partial charge is 0.152 e. The molecule has 0 saturated heterocycles. The predicted octanol–water partition coefficient (Wildman–Crippen LogP) is 4.48. The normalized spacial score (nSPS) is 11.7. The van der Waals surface area contributed by atoms with Crippen LogP contribution in [0.5, 0.6) is 0 Å². The molecule has 0 spiro atoms. The third-order valence-corrected chi connectivity index (χ3v) is 6.58. The first-order valence-electron chi connectivity index (χ1n) is 11.1. The SMILES string of the molecule is CCCCc1nc2c(N)nc3ccsc3c2n1Cc1ccccc1CNCCCCO. The van der Waals surface area contributed by atoms with Crippen molar-refractivity contribution in [3.8, 4) is 0 Å². The van der Waals surface area contributed by atoms with Crippen molar-refractivity contribution in [1.29, 1.82) is 0 Å². The molecule has 0 fully saturated rings. The molecule has 6 nitrogen and oxygen atoms in total. The van der Waals surface area contributed by atoms with Gasteiger partial charge in [0, 0.05) is 26.1 Å². The number of nitrogen functional groups attached to an aromatic ring is 1. The van der Waals surface area contributed by atoms with Gasteiger partial charge in [0.05, 0.1) is 15.7 Å². The highest BCUT2D eigenvalue weighted by Crippen LogP contribution is 2.33. The van der Waals surface area contributed by atoms with Crippen LogP contribution in [0.1, 0.15) is 49.6 Å². The van der Waals surface area contributed by atoms with Crippen molar-refractivity contribution in [3.05, 3.63) is 52.7 Å². The first-order chi connectivity index (χ1) is 15.2. The Morgan fingerprint density at radius 3 is 2.74 bits per heavy atom. The van der Waals surface area contributed by atoms with Gasteiger partial charge in [-0.3, -0.25) is 0 Å². The number of benzene rings is 1. The predicted molar refractivity (Wildman–Crippen MR) is 130 cm³/mol. The molecule has 164 valence electrons. The quantitative estimate of drug-likeness (QED) is 0.301. The Balaban J connectivity index is 1.71. The minimum Gasteiger partial charge on any atom is -0.396 e. The van der Waals surface area contributed by atoms with Gasteiger partial charge < -0.3 is 20.7 Å². The van der Waals surface area contributed by atoms with E-state index in [0.29, 0.717) is 5.82 Å². The van der Waals surface area contributed by atoms with Gasteiger partial charge in [-0.2, -0.15) is 0 Å². The van der Waals surface area contributed by atoms with Crippen molar-refractivity contribution in [2.24, 2.45) is 0 Å². The molecule has 4 rings (SSSR count). The van der Waals surface area contributed by atoms with Crippen LogP contribution >= 0.6 is 11.3 Å². The summed E-state index contributed by atoms with van der Waals surface area (Å²) in [6.45, 7) is 4.94. The Morgan fingerprint density at radius 2 is 1.94 bits per heavy atom. The van der Waals surface area contributed by atoms with Crippen LogP contribution in [0.2, 0.25) is 0 Å². The van der Waals surface area contributed by atoms with E-state index < -0.39 is 0 Å². The lowest BCUT2D eigenvalue weighted by Crippen LogP contribution is -2.17. The number of nitrogens with two attached hydrogens (primary N) is 1. The average molecular weight is 438 g/mol. The van der Waals surface area contributed by atoms with Gasteiger partial charge in [-0.1, -0.05) is 37.6 Å². The maximum absolute atomic E-state index is 8.97. The molecule has 0 aliphatic carbocycles. The average Bonchev–Trinajstić information content (AvgIpc) is 3.38. The van der Waals surface area contributed by atoms with E-state index in [1.54, 1.807) is 11.3 Å². The van der Waals surface area contributed by atoms with Crippen molar-refractivity contribution in [1.82, 2.24) is 19.9 Å². The van der Waals surface area contributed by atoms with Gasteiger partial charge in [0.2, 0.25) is 0 Å². The Bertz CT molecular complexity index is 1150. The van der Waals surface area contributed by atoms with Crippen LogP contribution in [0.15, 0.2) is 35.7 Å². The van der Waals surface area contributed by atoms with Gasteiger partial charge in [0.1, 0.15) is 11.3 Å². The van der Waals surface area contributed by atoms with Gasteiger partial charge in [-0.05, 0) is 48.4 Å². The number of aryl methyl sites for hydroxylation is 1. The van der Waals surface area contributed by atoms with E-state index in [0.717, 1.165) is 78.8 Å². The first kappa shape index (κ1) is 21.7. The molecule has 0 bridgehead atoms. The van der Waals surface area contributed by atoms with E-state index in [1.807, 2.05) is 6.07 Å². The first-order valence-corrected chi connectivity index (χ1v) is 12.0. The molecule has 1 aromatic carbocycles. The second-order valence-electron chi connectivity index (χ2n) is 7.92. The zero-order valence-electron chi connectivity index (χ0n) is 18.1. The number of fused-ring (bicyclic) bond motifs is 3. The molecule has 31 heavy (non-hydrogen) atoms. The molecular weight excluding hydrogens is 406 g/mol. The van der Waals surface area contributed by atoms with Crippen molar-refractivity contribution < 1.29 is 5.11 Å². The zero-order valence-corrected chi connectivity index (χ0v) is 18.9. The van der Waals surface area contributed by atoms with Gasteiger partial charge >= 0.3 is 0 Å². The number of aliphatic hydroxyl groups excluding tert-OH is 1. The molecule has 0 aliphatic rings. The summed E-state index contributed by atoms with van der Waals surface area (Å²) in [5.74, 6) is 1.59. The lowest BCUT2D eigenvalue weighted by atomic mass is 10.1. The number of anilines is 1. The Kier molecular flexibility index (Phi) is 7.17. The van der Waals surface area contributed by atoms with Gasteiger partial charge in [-0.15, -0.1) is 11.3 Å². The van der Waals surface area contributed by atoms with Gasteiger partial charge in [0.25, 0.3) is 0 Å². The molecule has 4 N–H and O–H groups in total. The summed E-state index contributed by atoms with van der Waals surface area (Å²) in [5, 5.41) is 14.6. The molecule has 3 aromatic heterocycles. The van der Waals surface area contributed by atoms with E-state index in [1.165, 1.54) is 11.1 Å². The summed E-state index contributed by atoms with van der Waals surface area (Å²) in [6.07, 6.45) is 4.97. The lowest BCUT2D eigenvalue weighted by Gasteiger charge is -2.14. The Morgan fingerprint density at radius 1 is 1.10 bits per heavy atom. The fourth-order valence-corrected chi connectivity index (χ4v) is 4.88. The molecule has 0 radical (unpaired) electrons. The van der Waals surface area contributed by atoms with E-state index >= 15 is 0 Å². The molecule has 0 unspecified atom stereocenters. The number of hydrogen-bond acceptors (Lipinski definition) is 6. The molecule has 0 atom stereocenters. The highest BCUT2D eigenvalue weighted by atomic mass is 32.1. The number of thiophene rings is 1. The number of pyridine rings is 1. The van der Waals surface area contributed by atoms with Gasteiger partial charge in [-0.25, -0.2) is 9.97 Å². The lowest BCUT2D eigenvalue weighted by molar-refractivity contribution is 0.283. The number of hydrogen-bond donors (Lipinski definition) is 3. The minimum atomic E-state index is 0.252. The Labute approximate surface area is 187 Å². The summed E-state index contributed by atoms with van der Waals surface area (Å²) >= 11 is 1.70. The maximum Gasteiger partial charge on any atom is 0.152 e. The molecule has 4 aromatic rings. The van der Waals surface area contributed by atoms with Crippen molar-refractivity contribution >= 4 is 38.4 Å². The highest BCUT2D eigenvalue weighted by molar-refractivity contribution is 7.18. The summed E-state index contributed by atoms with van der Waals surface area (Å²) in [4.78, 5) is 9.52. The topological polar surface area (TPSA) is 89.0 Å². The molecule has 7 heteroatoms. The molecule has 0 saturated carbocycles. The third kappa shape index (κ3) is 4.74. The summed E-state index contributed by atoms with van der Waals surface area (Å²) < 4.78 is 3.51. The van der Waals surface area contributed by atoms with Crippen LogP contribution < -0.4 is 11.1 Å². The Hall–Kier alpha value is -2.48. The molecule has 0 aliphatic heterocycles. The standard InChI is InChI=1S/C24H31N5OS/c1-2-3-10-20-28-21-22(23-19(11-14-31-23)27-24(21)25)29(20)16-18-9-5-4-8-17(18)15-26-12-6-7-13-30/h4-5,8-9,11,14,26,30H,2-3,6-7,10,12-13,15-16H2,1H3,(H2,25,27). The number of aromatic nitrogens is 3. The fourth-order valence-electron chi connectivity index (χ4n) is 3.99. The minimum absolute atomic E-state index is 0.252. The highest BCUT2D eigenvalue weighted by Gasteiger charge is 2.18. The second-order valence-corrected chi connectivity index (χ2v) is 8.84. The van der Waals surface area contributed by atoms with Crippen LogP contribution in [-0.2, 0) is 19.5 Å². The summed E-state index contributed by atoms with van der Waals surface area (Å²) in [6, 6.07) is 10.6. The number of nitrogens with one attached hydrogen (secondary N) is 1. The second kappa shape index (κ2) is 10.2. The van der Waals surface area contributed by atoms with Crippen molar-refractivity contribution in [2.45, 2.75) is 52.1 Å². The van der Waals surface area contributed by atoms with Crippen LogP contribution in [0.25, 0.3) is 21.3 Å². The fraction of sp³-hybridized carbons (Fsp3) is 0.417. The van der Waals surface area contributed by atoms with E-state index in [-0.39, 0.29) is 6.61 Å². The van der Waals surface area contributed by atoms with Crippen molar-refractivity contribution in [3.63, 3.8) is 0 Å². The third-order valence-electron chi connectivity index (χ3n) is 5.67. The molecule has 3 heterocycles. The number of aliphatic hydroxyl groups is 1.